The number of hydrogen-bond donors (Lipinski definition) is 2. The highest BCUT2D eigenvalue weighted by molar-refractivity contribution is 6.08. The fourth-order valence-corrected chi connectivity index (χ4v) is 1.80. The molecule has 0 spiro atoms. The fraction of sp³-hybridized carbons (Fsp3) is 0.0556. The predicted molar refractivity (Wildman–Crippen MR) is 85.9 cm³/mol. The molecule has 0 amide bonds. The van der Waals surface area contributed by atoms with Gasteiger partial charge in [-0.15, -0.1) is 0 Å². The summed E-state index contributed by atoms with van der Waals surface area (Å²) in [6.45, 7) is 0.403. The van der Waals surface area contributed by atoms with Gasteiger partial charge in [0.05, 0.1) is 0 Å². The van der Waals surface area contributed by atoms with Gasteiger partial charge in [-0.2, -0.15) is 0 Å². The predicted octanol–water partition coefficient (Wildman–Crippen LogP) is 4.06. The van der Waals surface area contributed by atoms with Crippen molar-refractivity contribution in [2.45, 2.75) is 0 Å². The first-order chi connectivity index (χ1) is 10.3. The van der Waals surface area contributed by atoms with E-state index in [1.165, 1.54) is 6.21 Å². The monoisotopic (exact) mass is 279 g/mol. The quantitative estimate of drug-likeness (QED) is 0.619. The minimum Gasteiger partial charge on any atom is -0.508 e. The highest BCUT2D eigenvalue weighted by Gasteiger charge is 1.95. The molecule has 2 rings (SSSR count). The molecule has 0 aromatic heterocycles. The Hall–Kier alpha value is -2.81. The second kappa shape index (κ2) is 7.70. The van der Waals surface area contributed by atoms with E-state index in [-0.39, 0.29) is 5.75 Å². The summed E-state index contributed by atoms with van der Waals surface area (Å²) < 4.78 is 5.47. The number of hydrogen-bond acceptors (Lipinski definition) is 3. The number of phenols is 1. The number of allylic oxidation sites excluding steroid dienone is 3. The summed E-state index contributed by atoms with van der Waals surface area (Å²) in [4.78, 5) is 0. The van der Waals surface area contributed by atoms with E-state index in [9.17, 15) is 5.11 Å². The van der Waals surface area contributed by atoms with Crippen molar-refractivity contribution in [3.8, 4) is 11.5 Å². The number of aromatic hydroxyl groups is 1. The first kappa shape index (κ1) is 14.6. The van der Waals surface area contributed by atoms with Crippen molar-refractivity contribution in [2.24, 2.45) is 0 Å². The van der Waals surface area contributed by atoms with Crippen LogP contribution in [0.3, 0.4) is 0 Å². The Morgan fingerprint density at radius 2 is 1.90 bits per heavy atom. The van der Waals surface area contributed by atoms with Crippen molar-refractivity contribution in [1.29, 1.82) is 5.41 Å². The van der Waals surface area contributed by atoms with Crippen LogP contribution in [-0.2, 0) is 0 Å². The van der Waals surface area contributed by atoms with Crippen LogP contribution in [0.1, 0.15) is 5.56 Å². The molecule has 0 aliphatic carbocycles. The van der Waals surface area contributed by atoms with Crippen molar-refractivity contribution >= 4 is 11.8 Å². The van der Waals surface area contributed by atoms with E-state index < -0.39 is 0 Å². The summed E-state index contributed by atoms with van der Waals surface area (Å²) >= 11 is 0. The highest BCUT2D eigenvalue weighted by atomic mass is 16.5. The zero-order valence-corrected chi connectivity index (χ0v) is 11.6. The summed E-state index contributed by atoms with van der Waals surface area (Å²) in [6, 6.07) is 16.5. The molecule has 2 aromatic carbocycles. The lowest BCUT2D eigenvalue weighted by Crippen LogP contribution is -1.92. The minimum atomic E-state index is 0.187. The van der Waals surface area contributed by atoms with Crippen molar-refractivity contribution in [3.63, 3.8) is 0 Å². The van der Waals surface area contributed by atoms with Crippen LogP contribution in [0.2, 0.25) is 0 Å². The van der Waals surface area contributed by atoms with Gasteiger partial charge >= 0.3 is 0 Å². The molecule has 0 saturated carbocycles. The molecule has 2 aromatic rings. The van der Waals surface area contributed by atoms with Crippen LogP contribution in [0.15, 0.2) is 72.8 Å². The SMILES string of the molecule is N=C/C(=C\C=C\COc1cccc(O)c1)c1ccccc1. The van der Waals surface area contributed by atoms with Crippen molar-refractivity contribution in [3.05, 3.63) is 78.4 Å². The maximum atomic E-state index is 9.31. The van der Waals surface area contributed by atoms with Gasteiger partial charge in [-0.05, 0) is 29.3 Å². The third kappa shape index (κ3) is 4.66. The molecule has 0 atom stereocenters. The van der Waals surface area contributed by atoms with E-state index in [0.717, 1.165) is 11.1 Å². The summed E-state index contributed by atoms with van der Waals surface area (Å²) in [7, 11) is 0. The molecule has 3 nitrogen and oxygen atoms in total. The molecule has 106 valence electrons. The molecular formula is C18H17NO2. The lowest BCUT2D eigenvalue weighted by Gasteiger charge is -2.02. The van der Waals surface area contributed by atoms with Crippen molar-refractivity contribution in [2.75, 3.05) is 6.61 Å². The Morgan fingerprint density at radius 3 is 2.62 bits per heavy atom. The van der Waals surface area contributed by atoms with Gasteiger partial charge in [0.15, 0.2) is 0 Å². The Bertz CT molecular complexity index is 645. The molecule has 0 bridgehead atoms. The number of ether oxygens (including phenoxy) is 1. The number of rotatable bonds is 6. The van der Waals surface area contributed by atoms with Gasteiger partial charge in [-0.1, -0.05) is 48.6 Å². The van der Waals surface area contributed by atoms with Gasteiger partial charge in [0.2, 0.25) is 0 Å². The molecule has 21 heavy (non-hydrogen) atoms. The maximum Gasteiger partial charge on any atom is 0.123 e. The van der Waals surface area contributed by atoms with Crippen LogP contribution in [0.4, 0.5) is 0 Å². The van der Waals surface area contributed by atoms with Gasteiger partial charge in [-0.25, -0.2) is 0 Å². The van der Waals surface area contributed by atoms with Gasteiger partial charge in [-0.3, -0.25) is 0 Å². The zero-order valence-electron chi connectivity index (χ0n) is 11.6. The average Bonchev–Trinajstić information content (AvgIpc) is 2.52. The number of nitrogens with one attached hydrogen (secondary N) is 1. The normalized spacial score (nSPS) is 11.5. The van der Waals surface area contributed by atoms with E-state index in [0.29, 0.717) is 12.4 Å². The van der Waals surface area contributed by atoms with E-state index in [4.69, 9.17) is 10.1 Å². The fourth-order valence-electron chi connectivity index (χ4n) is 1.80. The zero-order chi connectivity index (χ0) is 14.9. The smallest absolute Gasteiger partial charge is 0.123 e. The molecule has 3 heteroatoms. The van der Waals surface area contributed by atoms with E-state index in [1.807, 2.05) is 48.6 Å². The van der Waals surface area contributed by atoms with E-state index in [2.05, 4.69) is 0 Å². The maximum absolute atomic E-state index is 9.31. The first-order valence-electron chi connectivity index (χ1n) is 6.64. The van der Waals surface area contributed by atoms with Crippen LogP contribution in [0.5, 0.6) is 11.5 Å². The first-order valence-corrected chi connectivity index (χ1v) is 6.64. The van der Waals surface area contributed by atoms with Crippen molar-refractivity contribution in [1.82, 2.24) is 0 Å². The third-order valence-corrected chi connectivity index (χ3v) is 2.84. The molecule has 0 fully saturated rings. The minimum absolute atomic E-state index is 0.187. The van der Waals surface area contributed by atoms with Gasteiger partial charge in [0, 0.05) is 12.3 Å². The summed E-state index contributed by atoms with van der Waals surface area (Å²) in [5.41, 5.74) is 1.84. The second-order valence-corrected chi connectivity index (χ2v) is 4.37. The van der Waals surface area contributed by atoms with Crippen LogP contribution in [0, 0.1) is 5.41 Å². The largest absolute Gasteiger partial charge is 0.508 e. The Kier molecular flexibility index (Phi) is 5.35. The molecule has 0 aliphatic heterocycles. The Morgan fingerprint density at radius 1 is 1.10 bits per heavy atom. The lowest BCUT2D eigenvalue weighted by atomic mass is 10.1. The summed E-state index contributed by atoms with van der Waals surface area (Å²) in [5, 5.41) is 16.8. The van der Waals surface area contributed by atoms with Gasteiger partial charge in [0.25, 0.3) is 0 Å². The molecular weight excluding hydrogens is 262 g/mol. The standard InChI is InChI=1S/C18H17NO2/c19-14-16(15-7-2-1-3-8-15)9-4-5-12-21-18-11-6-10-17(20)13-18/h1-11,13-14,19-20H,12H2/b5-4+,16-9+,19-14?. The summed E-state index contributed by atoms with van der Waals surface area (Å²) in [5.74, 6) is 0.811. The lowest BCUT2D eigenvalue weighted by molar-refractivity contribution is 0.359. The highest BCUT2D eigenvalue weighted by Crippen LogP contribution is 2.17. The summed E-state index contributed by atoms with van der Waals surface area (Å²) in [6.07, 6.45) is 6.91. The second-order valence-electron chi connectivity index (χ2n) is 4.37. The number of benzene rings is 2. The molecule has 0 saturated heterocycles. The molecule has 0 unspecified atom stereocenters. The Balaban J connectivity index is 1.92. The average molecular weight is 279 g/mol. The molecule has 0 aliphatic rings. The van der Waals surface area contributed by atoms with Gasteiger partial charge in [0.1, 0.15) is 18.1 Å². The van der Waals surface area contributed by atoms with Gasteiger partial charge < -0.3 is 15.3 Å². The topological polar surface area (TPSA) is 53.3 Å². The number of phenolic OH excluding ortho intramolecular Hbond substituents is 1. The Labute approximate surface area is 124 Å². The van der Waals surface area contributed by atoms with Crippen molar-refractivity contribution < 1.29 is 9.84 Å². The van der Waals surface area contributed by atoms with Crippen LogP contribution in [0.25, 0.3) is 5.57 Å². The van der Waals surface area contributed by atoms with E-state index >= 15 is 0 Å². The van der Waals surface area contributed by atoms with Crippen LogP contribution >= 0.6 is 0 Å². The third-order valence-electron chi connectivity index (χ3n) is 2.84. The molecule has 2 N–H and O–H groups in total. The van der Waals surface area contributed by atoms with Crippen LogP contribution in [-0.4, -0.2) is 17.9 Å². The van der Waals surface area contributed by atoms with E-state index in [1.54, 1.807) is 24.3 Å². The molecule has 0 heterocycles. The molecule has 0 radical (unpaired) electrons. The van der Waals surface area contributed by atoms with Crippen LogP contribution < -0.4 is 4.74 Å².